The van der Waals surface area contributed by atoms with Crippen LogP contribution in [0.25, 0.3) is 10.2 Å². The lowest BCUT2D eigenvalue weighted by Gasteiger charge is -2.05. The number of nitrogens with zero attached hydrogens (tertiary/aromatic N) is 2. The molecule has 21 heavy (non-hydrogen) atoms. The Hall–Kier alpha value is -1.66. The highest BCUT2D eigenvalue weighted by Crippen LogP contribution is 2.28. The van der Waals surface area contributed by atoms with E-state index in [0.29, 0.717) is 4.88 Å². The van der Waals surface area contributed by atoms with Crippen molar-refractivity contribution in [1.82, 2.24) is 9.78 Å². The minimum Gasteiger partial charge on any atom is -0.321 e. The van der Waals surface area contributed by atoms with Gasteiger partial charge >= 0.3 is 0 Å². The van der Waals surface area contributed by atoms with E-state index in [9.17, 15) is 4.79 Å². The zero-order chi connectivity index (χ0) is 15.1. The second kappa shape index (κ2) is 5.27. The van der Waals surface area contributed by atoms with Gasteiger partial charge < -0.3 is 5.32 Å². The highest BCUT2D eigenvalue weighted by Gasteiger charge is 2.15. The largest absolute Gasteiger partial charge is 0.321 e. The fourth-order valence-corrected chi connectivity index (χ4v) is 3.58. The van der Waals surface area contributed by atoms with Gasteiger partial charge in [0.2, 0.25) is 0 Å². The third-order valence-electron chi connectivity index (χ3n) is 3.35. The summed E-state index contributed by atoms with van der Waals surface area (Å²) >= 11 is 4.93. The monoisotopic (exact) mass is 363 g/mol. The number of aryl methyl sites for hydroxylation is 3. The zero-order valence-corrected chi connectivity index (χ0v) is 14.3. The van der Waals surface area contributed by atoms with E-state index in [0.717, 1.165) is 31.6 Å². The van der Waals surface area contributed by atoms with Crippen LogP contribution in [-0.4, -0.2) is 15.7 Å². The summed E-state index contributed by atoms with van der Waals surface area (Å²) in [5.74, 6) is -0.0913. The van der Waals surface area contributed by atoms with Gasteiger partial charge in [0.05, 0.1) is 10.6 Å². The Morgan fingerprint density at radius 2 is 2.10 bits per heavy atom. The number of rotatable bonds is 2. The van der Waals surface area contributed by atoms with Crippen LogP contribution in [0.4, 0.5) is 5.69 Å². The molecule has 6 heteroatoms. The Bertz CT molecular complexity index is 816. The topological polar surface area (TPSA) is 46.9 Å². The molecule has 4 nitrogen and oxygen atoms in total. The maximum absolute atomic E-state index is 12.4. The average molecular weight is 364 g/mol. The highest BCUT2D eigenvalue weighted by molar-refractivity contribution is 9.10. The second-order valence-electron chi connectivity index (χ2n) is 4.96. The van der Waals surface area contributed by atoms with E-state index >= 15 is 0 Å². The number of hydrogen-bond acceptors (Lipinski definition) is 3. The molecule has 2 aromatic heterocycles. The normalized spacial score (nSPS) is 11.0. The number of carbonyl (C=O) groups is 1. The molecular weight excluding hydrogens is 350 g/mol. The van der Waals surface area contributed by atoms with Crippen molar-refractivity contribution in [3.63, 3.8) is 0 Å². The second-order valence-corrected chi connectivity index (χ2v) is 6.84. The number of amides is 1. The molecule has 108 valence electrons. The molecule has 3 aromatic rings. The Morgan fingerprint density at radius 1 is 1.33 bits per heavy atom. The molecule has 0 fully saturated rings. The summed E-state index contributed by atoms with van der Waals surface area (Å²) in [6.45, 7) is 3.96. The lowest BCUT2D eigenvalue weighted by atomic mass is 10.2. The van der Waals surface area contributed by atoms with Crippen LogP contribution in [0.5, 0.6) is 0 Å². The van der Waals surface area contributed by atoms with Crippen LogP contribution >= 0.6 is 27.3 Å². The number of benzene rings is 1. The number of nitrogens with one attached hydrogen (secondary N) is 1. The molecule has 0 aliphatic rings. The van der Waals surface area contributed by atoms with Gasteiger partial charge in [-0.3, -0.25) is 9.48 Å². The number of aromatic nitrogens is 2. The van der Waals surface area contributed by atoms with Crippen molar-refractivity contribution in [2.45, 2.75) is 13.8 Å². The van der Waals surface area contributed by atoms with Gasteiger partial charge in [-0.15, -0.1) is 11.3 Å². The molecule has 0 aliphatic carbocycles. The van der Waals surface area contributed by atoms with Crippen molar-refractivity contribution >= 4 is 49.1 Å². The average Bonchev–Trinajstić information content (AvgIpc) is 2.97. The summed E-state index contributed by atoms with van der Waals surface area (Å²) in [6.07, 6.45) is 0. The van der Waals surface area contributed by atoms with E-state index in [-0.39, 0.29) is 5.91 Å². The van der Waals surface area contributed by atoms with Gasteiger partial charge in [0, 0.05) is 22.6 Å². The smallest absolute Gasteiger partial charge is 0.265 e. The lowest BCUT2D eigenvalue weighted by molar-refractivity contribution is 0.103. The summed E-state index contributed by atoms with van der Waals surface area (Å²) in [6, 6.07) is 7.69. The van der Waals surface area contributed by atoms with Crippen molar-refractivity contribution in [3.05, 3.63) is 44.9 Å². The highest BCUT2D eigenvalue weighted by atomic mass is 79.9. The van der Waals surface area contributed by atoms with E-state index in [2.05, 4.69) is 26.3 Å². The van der Waals surface area contributed by atoms with Crippen LogP contribution in [0, 0.1) is 13.8 Å². The fraction of sp³-hybridized carbons (Fsp3) is 0.200. The van der Waals surface area contributed by atoms with Crippen molar-refractivity contribution in [1.29, 1.82) is 0 Å². The van der Waals surface area contributed by atoms with Gasteiger partial charge in [-0.25, -0.2) is 0 Å². The molecule has 0 unspecified atom stereocenters. The molecule has 0 saturated heterocycles. The van der Waals surface area contributed by atoms with Crippen LogP contribution in [0.15, 0.2) is 28.7 Å². The van der Waals surface area contributed by atoms with E-state index in [1.54, 1.807) is 0 Å². The lowest BCUT2D eigenvalue weighted by Crippen LogP contribution is -2.10. The summed E-state index contributed by atoms with van der Waals surface area (Å²) in [5.41, 5.74) is 2.86. The number of thiophene rings is 1. The molecule has 0 atom stereocenters. The van der Waals surface area contributed by atoms with Gasteiger partial charge in [-0.1, -0.05) is 22.0 Å². The molecule has 1 amide bonds. The number of halogens is 1. The molecule has 1 aromatic carbocycles. The zero-order valence-electron chi connectivity index (χ0n) is 11.9. The molecule has 0 saturated carbocycles. The standard InChI is InChI=1S/C15H14BrN3OS/c1-8-4-5-10(6-12(8)16)17-14(20)13-7-11-9(2)18-19(3)15(11)21-13/h4-7H,1-3H3,(H,17,20). The first-order chi connectivity index (χ1) is 9.95. The Kier molecular flexibility index (Phi) is 3.59. The predicted octanol–water partition coefficient (Wildman–Crippen LogP) is 4.27. The summed E-state index contributed by atoms with van der Waals surface area (Å²) in [4.78, 5) is 14.1. The minimum atomic E-state index is -0.0913. The molecule has 0 radical (unpaired) electrons. The van der Waals surface area contributed by atoms with Gasteiger partial charge in [0.1, 0.15) is 4.83 Å². The van der Waals surface area contributed by atoms with Crippen LogP contribution in [0.1, 0.15) is 20.9 Å². The van der Waals surface area contributed by atoms with Crippen molar-refractivity contribution < 1.29 is 4.79 Å². The summed E-state index contributed by atoms with van der Waals surface area (Å²) in [7, 11) is 1.89. The third kappa shape index (κ3) is 2.61. The number of anilines is 1. The maximum Gasteiger partial charge on any atom is 0.265 e. The Balaban J connectivity index is 1.89. The molecule has 3 rings (SSSR count). The van der Waals surface area contributed by atoms with Gasteiger partial charge in [0.25, 0.3) is 5.91 Å². The van der Waals surface area contributed by atoms with E-state index < -0.39 is 0 Å². The number of fused-ring (bicyclic) bond motifs is 1. The van der Waals surface area contributed by atoms with Crippen LogP contribution < -0.4 is 5.32 Å². The van der Waals surface area contributed by atoms with Crippen molar-refractivity contribution in [2.24, 2.45) is 7.05 Å². The summed E-state index contributed by atoms with van der Waals surface area (Å²) in [5, 5.41) is 8.31. The van der Waals surface area contributed by atoms with Crippen LogP contribution in [0.3, 0.4) is 0 Å². The minimum absolute atomic E-state index is 0.0913. The Morgan fingerprint density at radius 3 is 2.76 bits per heavy atom. The predicted molar refractivity (Wildman–Crippen MR) is 90.2 cm³/mol. The Labute approximate surface area is 134 Å². The first kappa shape index (κ1) is 14.3. The SMILES string of the molecule is Cc1ccc(NC(=O)c2cc3c(C)nn(C)c3s2)cc1Br. The van der Waals surface area contributed by atoms with Crippen LogP contribution in [0.2, 0.25) is 0 Å². The van der Waals surface area contributed by atoms with Gasteiger partial charge in [-0.05, 0) is 37.6 Å². The molecular formula is C15H14BrN3OS. The fourth-order valence-electron chi connectivity index (χ4n) is 2.18. The molecule has 2 heterocycles. The van der Waals surface area contributed by atoms with Crippen molar-refractivity contribution in [2.75, 3.05) is 5.32 Å². The molecule has 0 spiro atoms. The summed E-state index contributed by atoms with van der Waals surface area (Å²) < 4.78 is 2.80. The maximum atomic E-state index is 12.4. The molecule has 0 bridgehead atoms. The third-order valence-corrected chi connectivity index (χ3v) is 5.40. The number of hydrogen-bond donors (Lipinski definition) is 1. The molecule has 0 aliphatic heterocycles. The van der Waals surface area contributed by atoms with Crippen LogP contribution in [-0.2, 0) is 7.05 Å². The molecule has 1 N–H and O–H groups in total. The first-order valence-corrected chi connectivity index (χ1v) is 8.07. The van der Waals surface area contributed by atoms with E-state index in [4.69, 9.17) is 0 Å². The van der Waals surface area contributed by atoms with E-state index in [1.807, 2.05) is 49.8 Å². The first-order valence-electron chi connectivity index (χ1n) is 6.46. The number of carbonyl (C=O) groups excluding carboxylic acids is 1. The van der Waals surface area contributed by atoms with Gasteiger partial charge in [-0.2, -0.15) is 5.10 Å². The van der Waals surface area contributed by atoms with Crippen molar-refractivity contribution in [3.8, 4) is 0 Å². The van der Waals surface area contributed by atoms with E-state index in [1.165, 1.54) is 11.3 Å². The van der Waals surface area contributed by atoms with Gasteiger partial charge in [0.15, 0.2) is 0 Å². The quantitative estimate of drug-likeness (QED) is 0.738.